The quantitative estimate of drug-likeness (QED) is 0.181. The van der Waals surface area contributed by atoms with Crippen molar-refractivity contribution >= 4 is 52.2 Å². The van der Waals surface area contributed by atoms with Crippen LogP contribution >= 0.6 is 23.1 Å². The van der Waals surface area contributed by atoms with Gasteiger partial charge in [0.05, 0.1) is 33.8 Å². The first-order valence-electron chi connectivity index (χ1n) is 15.2. The second-order valence-electron chi connectivity index (χ2n) is 12.4. The minimum Gasteiger partial charge on any atom is -0.484 e. The summed E-state index contributed by atoms with van der Waals surface area (Å²) in [4.78, 5) is 57.6. The molecule has 3 aromatic carbocycles. The van der Waals surface area contributed by atoms with Crippen LogP contribution in [0, 0.1) is 35.4 Å². The van der Waals surface area contributed by atoms with Crippen LogP contribution in [0.5, 0.6) is 5.75 Å². The van der Waals surface area contributed by atoms with E-state index < -0.39 is 41.9 Å². The lowest BCUT2D eigenvalue weighted by atomic mass is 9.68. The van der Waals surface area contributed by atoms with E-state index in [4.69, 9.17) is 4.74 Å². The van der Waals surface area contributed by atoms with E-state index in [1.54, 1.807) is 30.0 Å². The summed E-state index contributed by atoms with van der Waals surface area (Å²) in [5, 5.41) is 2.93. The van der Waals surface area contributed by atoms with Crippen molar-refractivity contribution in [1.82, 2.24) is 4.98 Å². The van der Waals surface area contributed by atoms with Gasteiger partial charge in [0.25, 0.3) is 5.91 Å². The number of rotatable bonds is 6. The van der Waals surface area contributed by atoms with Gasteiger partial charge in [-0.1, -0.05) is 35.6 Å². The molecule has 3 amide bonds. The molecule has 8 nitrogen and oxygen atoms in total. The molecule has 1 aromatic heterocycles. The van der Waals surface area contributed by atoms with Crippen molar-refractivity contribution in [3.05, 3.63) is 104 Å². The molecule has 2 saturated carbocycles. The molecule has 2 bridgehead atoms. The van der Waals surface area contributed by atoms with Crippen LogP contribution < -0.4 is 19.8 Å². The van der Waals surface area contributed by atoms with Crippen molar-refractivity contribution in [1.29, 1.82) is 0 Å². The fourth-order valence-corrected chi connectivity index (χ4v) is 11.1. The predicted octanol–water partition coefficient (Wildman–Crippen LogP) is 6.29. The first kappa shape index (κ1) is 30.9. The number of carbonyl (C=O) groups is 3. The van der Waals surface area contributed by atoms with E-state index in [-0.39, 0.29) is 51.3 Å². The number of amides is 3. The number of thiazole rings is 1. The molecule has 0 radical (unpaired) electrons. The van der Waals surface area contributed by atoms with Crippen molar-refractivity contribution in [2.75, 3.05) is 16.8 Å². The van der Waals surface area contributed by atoms with E-state index in [2.05, 4.69) is 10.3 Å². The van der Waals surface area contributed by atoms with Crippen LogP contribution in [0.2, 0.25) is 0 Å². The largest absolute Gasteiger partial charge is 0.484 e. The van der Waals surface area contributed by atoms with Crippen molar-refractivity contribution in [2.24, 2.45) is 29.6 Å². The Balaban J connectivity index is 1.07. The van der Waals surface area contributed by atoms with E-state index in [0.29, 0.717) is 17.9 Å². The predicted molar refractivity (Wildman–Crippen MR) is 169 cm³/mol. The molecule has 3 heterocycles. The molecule has 1 saturated heterocycles. The number of anilines is 2. The molecule has 14 heteroatoms. The number of ether oxygens (including phenoxy) is 1. The fraction of sp³-hybridized carbons (Fsp3) is 0.294. The van der Waals surface area contributed by atoms with Crippen molar-refractivity contribution < 1.29 is 36.7 Å². The average molecular weight is 696 g/mol. The summed E-state index contributed by atoms with van der Waals surface area (Å²) in [6, 6.07) is 17.0. The second-order valence-corrected chi connectivity index (χ2v) is 14.6. The normalized spacial score (nSPS) is 27.1. The number of carbonyl (C=O) groups excluding carboxylic acids is 3. The number of imide groups is 1. The molecule has 4 aliphatic rings. The van der Waals surface area contributed by atoms with Gasteiger partial charge in [0, 0.05) is 16.0 Å². The highest BCUT2D eigenvalue weighted by Gasteiger charge is 2.69. The van der Waals surface area contributed by atoms with Gasteiger partial charge in [0.2, 0.25) is 11.8 Å². The Morgan fingerprint density at radius 2 is 1.69 bits per heavy atom. The topological polar surface area (TPSA) is 109 Å². The highest BCUT2D eigenvalue weighted by atomic mass is 32.2. The van der Waals surface area contributed by atoms with Crippen LogP contribution in [0.1, 0.15) is 28.3 Å². The first-order chi connectivity index (χ1) is 23.0. The molecule has 246 valence electrons. The summed E-state index contributed by atoms with van der Waals surface area (Å²) < 4.78 is 59.6. The van der Waals surface area contributed by atoms with Crippen LogP contribution in [0.3, 0.4) is 0 Å². The van der Waals surface area contributed by atoms with Crippen LogP contribution in [0.15, 0.2) is 82.6 Å². The number of hydrogen-bond donors (Lipinski definition) is 2. The molecule has 48 heavy (non-hydrogen) atoms. The monoisotopic (exact) mass is 695 g/mol. The summed E-state index contributed by atoms with van der Waals surface area (Å²) >= 11 is 2.64. The molecule has 7 atom stereocenters. The molecule has 4 aromatic rings. The Bertz CT molecular complexity index is 2030. The molecule has 8 rings (SSSR count). The molecule has 3 fully saturated rings. The number of hydrogen-bond acceptors (Lipinski definition) is 7. The third-order valence-electron chi connectivity index (χ3n) is 9.90. The Morgan fingerprint density at radius 1 is 0.958 bits per heavy atom. The number of nitrogens with zero attached hydrogens (tertiary/aromatic N) is 1. The Labute approximate surface area is 278 Å². The summed E-state index contributed by atoms with van der Waals surface area (Å²) in [5.74, 6) is -3.24. The van der Waals surface area contributed by atoms with Crippen LogP contribution in [0.25, 0.3) is 0 Å². The van der Waals surface area contributed by atoms with Crippen molar-refractivity contribution in [2.45, 2.75) is 28.8 Å². The van der Waals surface area contributed by atoms with E-state index in [1.165, 1.54) is 47.4 Å². The summed E-state index contributed by atoms with van der Waals surface area (Å²) in [7, 11) is 0. The van der Waals surface area contributed by atoms with Gasteiger partial charge in [-0.2, -0.15) is 13.2 Å². The summed E-state index contributed by atoms with van der Waals surface area (Å²) in [6.07, 6.45) is -3.97. The lowest BCUT2D eigenvalue weighted by Gasteiger charge is -2.43. The Kier molecular flexibility index (Phi) is 7.29. The maximum Gasteiger partial charge on any atom is 0.418 e. The highest BCUT2D eigenvalue weighted by Crippen LogP contribution is 2.68. The Hall–Kier alpha value is -4.43. The molecule has 0 spiro atoms. The van der Waals surface area contributed by atoms with Gasteiger partial charge < -0.3 is 15.0 Å². The number of benzene rings is 3. The second kappa shape index (κ2) is 11.3. The standard InChI is InChI=1S/C34H25F4N3O5S2/c35-16-8-10-17(11-9-16)41-31(43)26-19-13-20(27(26)32(41)44)28-25(19)24(29-30(47-28)40-33(45)48-29)15-4-3-5-18(12-15)46-14-23(42)39-22-7-2-1-6-21(22)34(36,37)38/h1-12,19-20,24-28H,13-14H2,(H,39,42)(H,40,45)/t19-,20-,24+,25-,26+,27+,28-/m1/s1. The van der Waals surface area contributed by atoms with Gasteiger partial charge in [-0.15, -0.1) is 11.8 Å². The lowest BCUT2D eigenvalue weighted by molar-refractivity contribution is -0.137. The van der Waals surface area contributed by atoms with Crippen molar-refractivity contribution in [3.8, 4) is 5.75 Å². The zero-order chi connectivity index (χ0) is 33.5. The number of nitrogens with one attached hydrogen (secondary N) is 2. The summed E-state index contributed by atoms with van der Waals surface area (Å²) in [5.41, 5.74) is -0.215. The van der Waals surface area contributed by atoms with Gasteiger partial charge in [-0.05, 0) is 78.3 Å². The van der Waals surface area contributed by atoms with Gasteiger partial charge in [0.1, 0.15) is 11.6 Å². The number of aromatic amines is 1. The highest BCUT2D eigenvalue weighted by molar-refractivity contribution is 8.00. The van der Waals surface area contributed by atoms with Gasteiger partial charge in [0.15, 0.2) is 6.61 Å². The molecule has 2 N–H and O–H groups in total. The number of fused-ring (bicyclic) bond motifs is 9. The minimum absolute atomic E-state index is 0.0621. The third-order valence-corrected chi connectivity index (χ3v) is 12.5. The molecular formula is C34H25F4N3O5S2. The van der Waals surface area contributed by atoms with E-state index in [0.717, 1.165) is 32.9 Å². The van der Waals surface area contributed by atoms with Crippen molar-refractivity contribution in [3.63, 3.8) is 0 Å². The van der Waals surface area contributed by atoms with E-state index in [1.807, 2.05) is 6.07 Å². The number of halogens is 4. The number of alkyl halides is 3. The molecule has 2 aliphatic heterocycles. The van der Waals surface area contributed by atoms with Gasteiger partial charge in [-0.25, -0.2) is 4.39 Å². The van der Waals surface area contributed by atoms with E-state index >= 15 is 0 Å². The SMILES string of the molecule is O=C(COc1cccc([C@@H]2c3sc(=O)[nH]c3S[C@@H]3[C@@H]4C[C@@H]([C@@H]5C(=O)N(c6ccc(F)cc6)C(=O)[C@@H]45)[C@H]23)c1)Nc1ccccc1C(F)(F)F. The number of H-pyrrole nitrogens is 1. The molecule has 0 unspecified atom stereocenters. The average Bonchev–Trinajstić information content (AvgIpc) is 3.79. The van der Waals surface area contributed by atoms with Crippen LogP contribution in [-0.4, -0.2) is 34.6 Å². The number of thioether (sulfide) groups is 1. The first-order valence-corrected chi connectivity index (χ1v) is 16.9. The minimum atomic E-state index is -4.65. The van der Waals surface area contributed by atoms with E-state index in [9.17, 15) is 36.7 Å². The number of para-hydroxylation sites is 1. The van der Waals surface area contributed by atoms with Crippen LogP contribution in [0.4, 0.5) is 28.9 Å². The van der Waals surface area contributed by atoms with Gasteiger partial charge >= 0.3 is 11.0 Å². The summed E-state index contributed by atoms with van der Waals surface area (Å²) in [6.45, 7) is -0.546. The third kappa shape index (κ3) is 4.95. The maximum absolute atomic E-state index is 13.9. The zero-order valence-corrected chi connectivity index (χ0v) is 26.3. The number of aromatic nitrogens is 1. The molecule has 2 aliphatic carbocycles. The van der Waals surface area contributed by atoms with Crippen LogP contribution in [-0.2, 0) is 20.6 Å². The zero-order valence-electron chi connectivity index (χ0n) is 24.7. The maximum atomic E-state index is 13.9. The Morgan fingerprint density at radius 3 is 2.44 bits per heavy atom. The molecular weight excluding hydrogens is 671 g/mol. The van der Waals surface area contributed by atoms with Gasteiger partial charge in [-0.3, -0.25) is 24.1 Å². The smallest absolute Gasteiger partial charge is 0.418 e. The lowest BCUT2D eigenvalue weighted by Crippen LogP contribution is -2.42. The fourth-order valence-electron chi connectivity index (χ4n) is 8.21.